The summed E-state index contributed by atoms with van der Waals surface area (Å²) in [4.78, 5) is 19.8. The molecular formula is C21H28N4O. The Morgan fingerprint density at radius 1 is 1.23 bits per heavy atom. The van der Waals surface area contributed by atoms with Crippen molar-refractivity contribution in [3.63, 3.8) is 0 Å². The molecule has 5 nitrogen and oxygen atoms in total. The zero-order valence-corrected chi connectivity index (χ0v) is 15.6. The number of hydrogen-bond acceptors (Lipinski definition) is 4. The second-order valence-electron chi connectivity index (χ2n) is 7.82. The van der Waals surface area contributed by atoms with Crippen molar-refractivity contribution in [1.29, 1.82) is 0 Å². The molecule has 1 aliphatic carbocycles. The van der Waals surface area contributed by atoms with E-state index in [1.807, 2.05) is 13.0 Å². The number of fused-ring (bicyclic) bond motifs is 1. The van der Waals surface area contributed by atoms with Crippen molar-refractivity contribution in [2.75, 3.05) is 18.4 Å². The lowest BCUT2D eigenvalue weighted by atomic mass is 9.74. The van der Waals surface area contributed by atoms with E-state index in [4.69, 9.17) is 0 Å². The summed E-state index contributed by atoms with van der Waals surface area (Å²) in [6, 6.07) is 2.49. The average molecular weight is 352 g/mol. The van der Waals surface area contributed by atoms with E-state index in [1.165, 1.54) is 12.8 Å². The molecule has 2 aromatic heterocycles. The Hall–Kier alpha value is -2.14. The lowest BCUT2D eigenvalue weighted by Gasteiger charge is -2.31. The molecule has 2 aliphatic rings. The van der Waals surface area contributed by atoms with Crippen LogP contribution in [0.2, 0.25) is 0 Å². The highest BCUT2D eigenvalue weighted by Crippen LogP contribution is 2.36. The van der Waals surface area contributed by atoms with Crippen LogP contribution in [0.25, 0.3) is 17.1 Å². The number of hydrogen-bond donors (Lipinski definition) is 3. The van der Waals surface area contributed by atoms with Crippen molar-refractivity contribution in [3.05, 3.63) is 39.8 Å². The maximum absolute atomic E-state index is 12.4. The van der Waals surface area contributed by atoms with Crippen LogP contribution in [0.5, 0.6) is 0 Å². The highest BCUT2D eigenvalue weighted by molar-refractivity contribution is 5.96. The Morgan fingerprint density at radius 2 is 2.04 bits per heavy atom. The van der Waals surface area contributed by atoms with Crippen LogP contribution in [0.1, 0.15) is 43.7 Å². The first-order valence-corrected chi connectivity index (χ1v) is 9.80. The lowest BCUT2D eigenvalue weighted by molar-refractivity contribution is 0.252. The lowest BCUT2D eigenvalue weighted by Crippen LogP contribution is -2.35. The minimum absolute atomic E-state index is 0.0506. The molecule has 2 atom stereocenters. The van der Waals surface area contributed by atoms with Gasteiger partial charge in [0, 0.05) is 28.9 Å². The SMILES string of the molecule is Cc1c(/C=C\C2CCC2C)c2c(NC3CCNCC3)ccnc2[nH]c1=O. The first-order valence-electron chi connectivity index (χ1n) is 9.80. The molecule has 138 valence electrons. The molecule has 2 fully saturated rings. The second-order valence-corrected chi connectivity index (χ2v) is 7.82. The fourth-order valence-electron chi connectivity index (χ4n) is 4.05. The Labute approximate surface area is 154 Å². The van der Waals surface area contributed by atoms with Crippen LogP contribution in [0.15, 0.2) is 23.1 Å². The third kappa shape index (κ3) is 3.28. The average Bonchev–Trinajstić information content (AvgIpc) is 2.64. The van der Waals surface area contributed by atoms with Crippen LogP contribution in [-0.4, -0.2) is 29.1 Å². The fourth-order valence-corrected chi connectivity index (χ4v) is 4.05. The number of pyridine rings is 2. The number of aromatic amines is 1. The number of nitrogens with zero attached hydrogens (tertiary/aromatic N) is 1. The van der Waals surface area contributed by atoms with Gasteiger partial charge in [0.1, 0.15) is 5.65 Å². The summed E-state index contributed by atoms with van der Waals surface area (Å²) in [6.45, 7) is 6.29. The van der Waals surface area contributed by atoms with Gasteiger partial charge in [0.05, 0.1) is 0 Å². The van der Waals surface area contributed by atoms with Crippen molar-refractivity contribution in [2.45, 2.75) is 45.6 Å². The van der Waals surface area contributed by atoms with Crippen molar-refractivity contribution < 1.29 is 0 Å². The van der Waals surface area contributed by atoms with Gasteiger partial charge in [-0.2, -0.15) is 0 Å². The number of H-pyrrole nitrogens is 1. The molecule has 26 heavy (non-hydrogen) atoms. The molecule has 3 N–H and O–H groups in total. The zero-order chi connectivity index (χ0) is 18.1. The van der Waals surface area contributed by atoms with Gasteiger partial charge < -0.3 is 15.6 Å². The maximum atomic E-state index is 12.4. The first kappa shape index (κ1) is 17.3. The predicted molar refractivity (Wildman–Crippen MR) is 108 cm³/mol. The quantitative estimate of drug-likeness (QED) is 0.788. The van der Waals surface area contributed by atoms with Crippen LogP contribution in [0.3, 0.4) is 0 Å². The van der Waals surface area contributed by atoms with Crippen molar-refractivity contribution >= 4 is 22.8 Å². The molecule has 0 spiro atoms. The molecule has 5 heteroatoms. The molecule has 3 heterocycles. The monoisotopic (exact) mass is 352 g/mol. The number of anilines is 1. The molecule has 0 bridgehead atoms. The van der Waals surface area contributed by atoms with E-state index in [1.54, 1.807) is 6.20 Å². The topological polar surface area (TPSA) is 69.8 Å². The van der Waals surface area contributed by atoms with E-state index in [-0.39, 0.29) is 5.56 Å². The van der Waals surface area contributed by atoms with Gasteiger partial charge in [-0.15, -0.1) is 0 Å². The highest BCUT2D eigenvalue weighted by atomic mass is 16.1. The van der Waals surface area contributed by atoms with Gasteiger partial charge in [-0.1, -0.05) is 19.1 Å². The second kappa shape index (κ2) is 7.23. The number of piperidine rings is 1. The number of rotatable bonds is 4. The van der Waals surface area contributed by atoms with Gasteiger partial charge in [0.2, 0.25) is 0 Å². The third-order valence-electron chi connectivity index (χ3n) is 6.09. The summed E-state index contributed by atoms with van der Waals surface area (Å²) in [5.74, 6) is 1.37. The van der Waals surface area contributed by atoms with Gasteiger partial charge in [0.25, 0.3) is 5.56 Å². The van der Waals surface area contributed by atoms with Gasteiger partial charge >= 0.3 is 0 Å². The molecule has 0 amide bonds. The number of allylic oxidation sites excluding steroid dienone is 1. The number of aromatic nitrogens is 2. The molecular weight excluding hydrogens is 324 g/mol. The normalized spacial score (nSPS) is 24.1. The Kier molecular flexibility index (Phi) is 4.81. The van der Waals surface area contributed by atoms with E-state index in [0.717, 1.165) is 54.0 Å². The van der Waals surface area contributed by atoms with E-state index in [0.29, 0.717) is 17.6 Å². The molecule has 4 rings (SSSR count). The molecule has 1 saturated heterocycles. The van der Waals surface area contributed by atoms with Gasteiger partial charge in [-0.05, 0) is 69.2 Å². The zero-order valence-electron chi connectivity index (χ0n) is 15.6. The van der Waals surface area contributed by atoms with Crippen LogP contribution in [-0.2, 0) is 0 Å². The van der Waals surface area contributed by atoms with E-state index in [2.05, 4.69) is 39.7 Å². The van der Waals surface area contributed by atoms with Gasteiger partial charge in [0.15, 0.2) is 0 Å². The van der Waals surface area contributed by atoms with Crippen LogP contribution < -0.4 is 16.2 Å². The summed E-state index contributed by atoms with van der Waals surface area (Å²) in [5.41, 5.74) is 3.46. The molecule has 0 radical (unpaired) electrons. The van der Waals surface area contributed by atoms with Crippen molar-refractivity contribution in [1.82, 2.24) is 15.3 Å². The molecule has 1 aliphatic heterocycles. The largest absolute Gasteiger partial charge is 0.382 e. The van der Waals surface area contributed by atoms with Crippen molar-refractivity contribution in [3.8, 4) is 0 Å². The van der Waals surface area contributed by atoms with Crippen LogP contribution >= 0.6 is 0 Å². The molecule has 2 unspecified atom stereocenters. The minimum Gasteiger partial charge on any atom is -0.382 e. The summed E-state index contributed by atoms with van der Waals surface area (Å²) < 4.78 is 0. The Morgan fingerprint density at radius 3 is 2.73 bits per heavy atom. The molecule has 0 aromatic carbocycles. The fraction of sp³-hybridized carbons (Fsp3) is 0.524. The summed E-state index contributed by atoms with van der Waals surface area (Å²) in [5, 5.41) is 8.14. The first-order chi connectivity index (χ1) is 12.6. The Balaban J connectivity index is 1.77. The van der Waals surface area contributed by atoms with Gasteiger partial charge in [-0.3, -0.25) is 4.79 Å². The molecule has 1 saturated carbocycles. The predicted octanol–water partition coefficient (Wildman–Crippen LogP) is 3.45. The van der Waals surface area contributed by atoms with E-state index < -0.39 is 0 Å². The summed E-state index contributed by atoms with van der Waals surface area (Å²) >= 11 is 0. The standard InChI is InChI=1S/C21H28N4O/c1-13-3-4-15(13)5-6-17-14(2)21(26)25-20-19(17)18(9-12-23-20)24-16-7-10-22-11-8-16/h5-6,9,12-13,15-16,22H,3-4,7-8,10-11H2,1-2H3,(H2,23,24,25,26)/b6-5-. The van der Waals surface area contributed by atoms with Crippen molar-refractivity contribution in [2.24, 2.45) is 11.8 Å². The van der Waals surface area contributed by atoms with Crippen LogP contribution in [0, 0.1) is 18.8 Å². The smallest absolute Gasteiger partial charge is 0.253 e. The number of nitrogens with one attached hydrogen (secondary N) is 3. The van der Waals surface area contributed by atoms with E-state index >= 15 is 0 Å². The van der Waals surface area contributed by atoms with Crippen LogP contribution in [0.4, 0.5) is 5.69 Å². The third-order valence-corrected chi connectivity index (χ3v) is 6.09. The highest BCUT2D eigenvalue weighted by Gasteiger charge is 2.24. The van der Waals surface area contributed by atoms with E-state index in [9.17, 15) is 4.79 Å². The molecule has 2 aromatic rings. The maximum Gasteiger partial charge on any atom is 0.253 e. The van der Waals surface area contributed by atoms with Gasteiger partial charge in [-0.25, -0.2) is 4.98 Å². The minimum atomic E-state index is -0.0506. The summed E-state index contributed by atoms with van der Waals surface area (Å²) in [7, 11) is 0. The summed E-state index contributed by atoms with van der Waals surface area (Å²) in [6.07, 6.45) is 11.0. The Bertz CT molecular complexity index is 879.